The lowest BCUT2D eigenvalue weighted by Gasteiger charge is -2.26. The predicted octanol–water partition coefficient (Wildman–Crippen LogP) is 2.03. The molecule has 0 heterocycles. The highest BCUT2D eigenvalue weighted by Gasteiger charge is 2.48. The normalized spacial score (nSPS) is 20.7. The number of allylic oxidation sites excluding steroid dienone is 3. The molecule has 4 heteroatoms. The second-order valence-corrected chi connectivity index (χ2v) is 2.40. The lowest BCUT2D eigenvalue weighted by atomic mass is 9.88. The number of alkyl halides is 2. The molecular weight excluding hydrogens is 157 g/mol. The van der Waals surface area contributed by atoms with Crippen molar-refractivity contribution in [2.75, 3.05) is 0 Å². The molecule has 60 valence electrons. The van der Waals surface area contributed by atoms with Gasteiger partial charge in [-0.15, -0.1) is 0 Å². The van der Waals surface area contributed by atoms with Crippen LogP contribution in [0, 0.1) is 0 Å². The zero-order chi connectivity index (χ0) is 8.65. The highest BCUT2D eigenvalue weighted by molar-refractivity contribution is 5.63. The molecule has 1 aliphatic carbocycles. The average Bonchev–Trinajstić information content (AvgIpc) is 1.98. The summed E-state index contributed by atoms with van der Waals surface area (Å²) in [5.74, 6) is -3.47. The molecule has 0 fully saturated rings. The molecule has 1 nitrogen and oxygen atoms in total. The van der Waals surface area contributed by atoms with E-state index < -0.39 is 18.2 Å². The molecule has 1 aliphatic rings. The Morgan fingerprint density at radius 2 is 2.18 bits per heavy atom. The topological polar surface area (TPSA) is 17.1 Å². The molecule has 0 aromatic rings. The van der Waals surface area contributed by atoms with Gasteiger partial charge < -0.3 is 0 Å². The molecule has 0 bridgehead atoms. The Labute approximate surface area is 61.2 Å². The molecule has 0 radical (unpaired) electrons. The Bertz CT molecular complexity index is 271. The van der Waals surface area contributed by atoms with Gasteiger partial charge in [0.15, 0.2) is 5.83 Å². The zero-order valence-electron chi connectivity index (χ0n) is 5.75. The van der Waals surface area contributed by atoms with Crippen LogP contribution in [0.25, 0.3) is 0 Å². The van der Waals surface area contributed by atoms with Crippen molar-refractivity contribution >= 4 is 5.94 Å². The Kier molecular flexibility index (Phi) is 1.64. The minimum absolute atomic E-state index is 0.0755. The lowest BCUT2D eigenvalue weighted by molar-refractivity contribution is -0.00782. The Balaban J connectivity index is 2.98. The van der Waals surface area contributed by atoms with Crippen LogP contribution in [0.1, 0.15) is 13.3 Å². The maximum Gasteiger partial charge on any atom is 0.303 e. The van der Waals surface area contributed by atoms with E-state index in [1.54, 1.807) is 0 Å². The number of carbonyl (C=O) groups excluding carboxylic acids is 1. The SMILES string of the molecule is CC(=C=O)C1=C(F)C(F)(F)C1. The summed E-state index contributed by atoms with van der Waals surface area (Å²) in [6.07, 6.45) is -0.681. The van der Waals surface area contributed by atoms with Crippen LogP contribution in [-0.4, -0.2) is 11.9 Å². The van der Waals surface area contributed by atoms with Crippen molar-refractivity contribution in [1.82, 2.24) is 0 Å². The van der Waals surface area contributed by atoms with E-state index in [0.29, 0.717) is 0 Å². The number of hydrogen-bond donors (Lipinski definition) is 0. The van der Waals surface area contributed by atoms with Gasteiger partial charge in [-0.3, -0.25) is 0 Å². The first-order chi connectivity index (χ1) is 4.99. The molecule has 0 unspecified atom stereocenters. The van der Waals surface area contributed by atoms with E-state index in [0.717, 1.165) is 0 Å². The molecule has 0 N–H and O–H groups in total. The molecule has 0 saturated carbocycles. The zero-order valence-corrected chi connectivity index (χ0v) is 5.75. The average molecular weight is 162 g/mol. The molecule has 1 rings (SSSR count). The summed E-state index contributed by atoms with van der Waals surface area (Å²) in [6.45, 7) is 1.26. The van der Waals surface area contributed by atoms with Gasteiger partial charge in [0.05, 0.1) is 0 Å². The van der Waals surface area contributed by atoms with Crippen LogP contribution in [0.4, 0.5) is 13.2 Å². The van der Waals surface area contributed by atoms with E-state index in [9.17, 15) is 18.0 Å². The van der Waals surface area contributed by atoms with Crippen LogP contribution in [0.15, 0.2) is 17.0 Å². The number of rotatable bonds is 1. The van der Waals surface area contributed by atoms with Crippen molar-refractivity contribution in [2.45, 2.75) is 19.3 Å². The van der Waals surface area contributed by atoms with Gasteiger partial charge in [0, 0.05) is 17.6 Å². The van der Waals surface area contributed by atoms with Crippen molar-refractivity contribution in [1.29, 1.82) is 0 Å². The molecule has 0 atom stereocenters. The van der Waals surface area contributed by atoms with E-state index in [4.69, 9.17) is 0 Å². The first-order valence-electron chi connectivity index (χ1n) is 2.98. The minimum Gasteiger partial charge on any atom is -0.233 e. The summed E-state index contributed by atoms with van der Waals surface area (Å²) in [7, 11) is 0. The fraction of sp³-hybridized carbons (Fsp3) is 0.429. The third kappa shape index (κ3) is 1.10. The summed E-state index contributed by atoms with van der Waals surface area (Å²) < 4.78 is 36.5. The lowest BCUT2D eigenvalue weighted by Crippen LogP contribution is -2.29. The van der Waals surface area contributed by atoms with Crippen LogP contribution >= 0.6 is 0 Å². The number of hydrogen-bond acceptors (Lipinski definition) is 1. The van der Waals surface area contributed by atoms with Crippen LogP contribution in [-0.2, 0) is 4.79 Å². The minimum atomic E-state index is -3.35. The van der Waals surface area contributed by atoms with Gasteiger partial charge in [0.2, 0.25) is 0 Å². The third-order valence-electron chi connectivity index (χ3n) is 1.59. The molecule has 0 aromatic carbocycles. The monoisotopic (exact) mass is 162 g/mol. The second kappa shape index (κ2) is 2.24. The van der Waals surface area contributed by atoms with Gasteiger partial charge in [-0.1, -0.05) is 0 Å². The summed E-state index contributed by atoms with van der Waals surface area (Å²) >= 11 is 0. The highest BCUT2D eigenvalue weighted by atomic mass is 19.3. The van der Waals surface area contributed by atoms with Crippen LogP contribution in [0.5, 0.6) is 0 Å². The predicted molar refractivity (Wildman–Crippen MR) is 32.6 cm³/mol. The quantitative estimate of drug-likeness (QED) is 0.539. The highest BCUT2D eigenvalue weighted by Crippen LogP contribution is 2.46. The third-order valence-corrected chi connectivity index (χ3v) is 1.59. The summed E-state index contributed by atoms with van der Waals surface area (Å²) in [6, 6.07) is 0. The van der Waals surface area contributed by atoms with Crippen molar-refractivity contribution in [3.8, 4) is 0 Å². The van der Waals surface area contributed by atoms with E-state index in [-0.39, 0.29) is 11.1 Å². The summed E-state index contributed by atoms with van der Waals surface area (Å²) in [5.41, 5.74) is -0.279. The standard InChI is InChI=1S/C7H5F3O/c1-4(3-11)5-2-7(9,10)6(5)8/h2H2,1H3. The number of halogens is 3. The van der Waals surface area contributed by atoms with Gasteiger partial charge in [-0.2, -0.15) is 8.78 Å². The van der Waals surface area contributed by atoms with Gasteiger partial charge in [-0.05, 0) is 6.92 Å². The van der Waals surface area contributed by atoms with Crippen molar-refractivity contribution in [3.63, 3.8) is 0 Å². The van der Waals surface area contributed by atoms with Crippen molar-refractivity contribution < 1.29 is 18.0 Å². The van der Waals surface area contributed by atoms with E-state index in [2.05, 4.69) is 0 Å². The fourth-order valence-electron chi connectivity index (χ4n) is 0.850. The Hall–Kier alpha value is -1.02. The van der Waals surface area contributed by atoms with Crippen LogP contribution in [0.3, 0.4) is 0 Å². The maximum atomic E-state index is 12.3. The van der Waals surface area contributed by atoms with Crippen LogP contribution in [0.2, 0.25) is 0 Å². The summed E-state index contributed by atoms with van der Waals surface area (Å²) in [5, 5.41) is 0. The maximum absolute atomic E-state index is 12.3. The first-order valence-corrected chi connectivity index (χ1v) is 2.98. The summed E-state index contributed by atoms with van der Waals surface area (Å²) in [4.78, 5) is 9.89. The molecule has 0 spiro atoms. The van der Waals surface area contributed by atoms with Crippen molar-refractivity contribution in [3.05, 3.63) is 17.0 Å². The van der Waals surface area contributed by atoms with E-state index in [1.807, 2.05) is 0 Å². The van der Waals surface area contributed by atoms with E-state index in [1.165, 1.54) is 12.9 Å². The Morgan fingerprint density at radius 3 is 2.45 bits per heavy atom. The molecule has 0 saturated heterocycles. The van der Waals surface area contributed by atoms with Gasteiger partial charge in [0.1, 0.15) is 5.94 Å². The second-order valence-electron chi connectivity index (χ2n) is 2.40. The molecule has 0 aliphatic heterocycles. The largest absolute Gasteiger partial charge is 0.303 e. The van der Waals surface area contributed by atoms with Gasteiger partial charge >= 0.3 is 5.92 Å². The van der Waals surface area contributed by atoms with Gasteiger partial charge in [-0.25, -0.2) is 9.18 Å². The Morgan fingerprint density at radius 1 is 1.64 bits per heavy atom. The van der Waals surface area contributed by atoms with Gasteiger partial charge in [0.25, 0.3) is 0 Å². The van der Waals surface area contributed by atoms with Crippen molar-refractivity contribution in [2.24, 2.45) is 0 Å². The molecular formula is C7H5F3O. The smallest absolute Gasteiger partial charge is 0.233 e. The first kappa shape index (κ1) is 8.08. The molecule has 0 amide bonds. The molecule has 11 heavy (non-hydrogen) atoms. The fourth-order valence-corrected chi connectivity index (χ4v) is 0.850. The molecule has 0 aromatic heterocycles. The van der Waals surface area contributed by atoms with E-state index >= 15 is 0 Å². The van der Waals surface area contributed by atoms with Crippen LogP contribution < -0.4 is 0 Å².